The Labute approximate surface area is 107 Å². The van der Waals surface area contributed by atoms with Crippen molar-refractivity contribution in [3.63, 3.8) is 0 Å². The Morgan fingerprint density at radius 2 is 2.00 bits per heavy atom. The molecule has 0 aromatic heterocycles. The molecule has 3 rings (SSSR count). The molecule has 1 aromatic rings. The summed E-state index contributed by atoms with van der Waals surface area (Å²) < 4.78 is 9.20. The van der Waals surface area contributed by atoms with Crippen LogP contribution in [0.15, 0.2) is 12.1 Å². The number of benzene rings is 1. The summed E-state index contributed by atoms with van der Waals surface area (Å²) in [6.07, 6.45) is -1.30. The molecular formula is C13H10O6. The number of carbonyl (C=O) groups excluding carboxylic acids is 3. The molecule has 0 saturated carbocycles. The molecule has 2 atom stereocenters. The molecule has 2 aliphatic rings. The fourth-order valence-electron chi connectivity index (χ4n) is 2.48. The maximum Gasteiger partial charge on any atom is 0.341 e. The third-order valence-electron chi connectivity index (χ3n) is 3.37. The standard InChI is InChI=1S/C13H10O6/c1-5-2-6(7-4-9(14)18-11(7)15)3-8-10(5)13(17)19-12(8)16/h2-3,7,13,17H,4H2,1H3. The first-order valence-electron chi connectivity index (χ1n) is 5.75. The fourth-order valence-corrected chi connectivity index (χ4v) is 2.48. The van der Waals surface area contributed by atoms with Gasteiger partial charge in [-0.1, -0.05) is 6.07 Å². The summed E-state index contributed by atoms with van der Waals surface area (Å²) in [5, 5.41) is 9.59. The molecule has 2 unspecified atom stereocenters. The highest BCUT2D eigenvalue weighted by Crippen LogP contribution is 2.36. The zero-order valence-electron chi connectivity index (χ0n) is 10.0. The van der Waals surface area contributed by atoms with Crippen LogP contribution in [0.3, 0.4) is 0 Å². The van der Waals surface area contributed by atoms with Gasteiger partial charge in [-0.25, -0.2) is 4.79 Å². The number of fused-ring (bicyclic) bond motifs is 1. The Bertz CT molecular complexity index is 618. The van der Waals surface area contributed by atoms with Crippen LogP contribution >= 0.6 is 0 Å². The first-order chi connectivity index (χ1) is 8.97. The van der Waals surface area contributed by atoms with Gasteiger partial charge >= 0.3 is 17.9 Å². The summed E-state index contributed by atoms with van der Waals surface area (Å²) >= 11 is 0. The Morgan fingerprint density at radius 3 is 2.63 bits per heavy atom. The van der Waals surface area contributed by atoms with Crippen LogP contribution in [0.1, 0.15) is 45.7 Å². The van der Waals surface area contributed by atoms with Crippen LogP contribution in [-0.2, 0) is 19.1 Å². The zero-order chi connectivity index (χ0) is 13.7. The van der Waals surface area contributed by atoms with Crippen LogP contribution in [0.25, 0.3) is 0 Å². The number of carbonyl (C=O) groups is 3. The normalized spacial score (nSPS) is 25.3. The van der Waals surface area contributed by atoms with Crippen molar-refractivity contribution >= 4 is 17.9 Å². The van der Waals surface area contributed by atoms with Crippen LogP contribution in [-0.4, -0.2) is 23.0 Å². The maximum atomic E-state index is 11.6. The van der Waals surface area contributed by atoms with Gasteiger partial charge in [0, 0.05) is 5.56 Å². The first-order valence-corrected chi connectivity index (χ1v) is 5.75. The highest BCUT2D eigenvalue weighted by atomic mass is 16.6. The Morgan fingerprint density at radius 1 is 1.26 bits per heavy atom. The number of rotatable bonds is 1. The minimum atomic E-state index is -1.27. The third-order valence-corrected chi connectivity index (χ3v) is 3.37. The smallest absolute Gasteiger partial charge is 0.341 e. The van der Waals surface area contributed by atoms with Crippen LogP contribution in [0.4, 0.5) is 0 Å². The molecule has 6 nitrogen and oxygen atoms in total. The molecule has 19 heavy (non-hydrogen) atoms. The monoisotopic (exact) mass is 262 g/mol. The molecule has 1 fully saturated rings. The topological polar surface area (TPSA) is 89.9 Å². The van der Waals surface area contributed by atoms with E-state index < -0.39 is 30.1 Å². The van der Waals surface area contributed by atoms with Gasteiger partial charge in [0.25, 0.3) is 0 Å². The van der Waals surface area contributed by atoms with Gasteiger partial charge in [-0.3, -0.25) is 9.59 Å². The van der Waals surface area contributed by atoms with Crippen molar-refractivity contribution in [2.24, 2.45) is 0 Å². The minimum absolute atomic E-state index is 0.0331. The molecule has 0 radical (unpaired) electrons. The molecule has 98 valence electrons. The molecule has 6 heteroatoms. The lowest BCUT2D eigenvalue weighted by atomic mass is 9.91. The molecule has 0 bridgehead atoms. The Hall–Kier alpha value is -2.21. The molecule has 0 spiro atoms. The fraction of sp³-hybridized carbons (Fsp3) is 0.308. The number of aryl methyl sites for hydroxylation is 1. The second-order valence-electron chi connectivity index (χ2n) is 4.61. The molecule has 0 aliphatic carbocycles. The highest BCUT2D eigenvalue weighted by Gasteiger charge is 2.38. The van der Waals surface area contributed by atoms with Crippen molar-refractivity contribution in [3.8, 4) is 0 Å². The van der Waals surface area contributed by atoms with E-state index in [0.29, 0.717) is 16.7 Å². The predicted octanol–water partition coefficient (Wildman–Crippen LogP) is 0.713. The van der Waals surface area contributed by atoms with Gasteiger partial charge in [0.1, 0.15) is 0 Å². The Balaban J connectivity index is 2.09. The van der Waals surface area contributed by atoms with E-state index in [4.69, 9.17) is 4.74 Å². The van der Waals surface area contributed by atoms with Crippen LogP contribution in [0, 0.1) is 6.92 Å². The van der Waals surface area contributed by atoms with Gasteiger partial charge in [-0.05, 0) is 24.1 Å². The van der Waals surface area contributed by atoms with E-state index in [1.54, 1.807) is 13.0 Å². The van der Waals surface area contributed by atoms with Crippen molar-refractivity contribution in [2.45, 2.75) is 25.6 Å². The van der Waals surface area contributed by atoms with Crippen molar-refractivity contribution in [1.82, 2.24) is 0 Å². The average Bonchev–Trinajstić information content (AvgIpc) is 2.80. The number of aliphatic hydroxyl groups excluding tert-OH is 1. The van der Waals surface area contributed by atoms with Gasteiger partial charge < -0.3 is 14.6 Å². The van der Waals surface area contributed by atoms with Gasteiger partial charge in [0.05, 0.1) is 17.9 Å². The SMILES string of the molecule is Cc1cc(C2CC(=O)OC2=O)cc2c1C(O)OC2=O. The second-order valence-corrected chi connectivity index (χ2v) is 4.61. The van der Waals surface area contributed by atoms with Crippen molar-refractivity contribution in [2.75, 3.05) is 0 Å². The van der Waals surface area contributed by atoms with Crippen molar-refractivity contribution in [1.29, 1.82) is 0 Å². The molecule has 0 amide bonds. The lowest BCUT2D eigenvalue weighted by molar-refractivity contribution is -0.152. The number of cyclic esters (lactones) is 3. The van der Waals surface area contributed by atoms with Crippen molar-refractivity contribution < 1.29 is 29.0 Å². The zero-order valence-corrected chi connectivity index (χ0v) is 10.0. The largest absolute Gasteiger partial charge is 0.428 e. The maximum absolute atomic E-state index is 11.6. The second kappa shape index (κ2) is 3.89. The quantitative estimate of drug-likeness (QED) is 0.592. The molecule has 2 aliphatic heterocycles. The van der Waals surface area contributed by atoms with Crippen LogP contribution in [0.5, 0.6) is 0 Å². The number of ether oxygens (including phenoxy) is 2. The van der Waals surface area contributed by atoms with Gasteiger partial charge in [-0.2, -0.15) is 0 Å². The van der Waals surface area contributed by atoms with Crippen LogP contribution < -0.4 is 0 Å². The van der Waals surface area contributed by atoms with E-state index >= 15 is 0 Å². The average molecular weight is 262 g/mol. The van der Waals surface area contributed by atoms with E-state index in [0.717, 1.165) is 0 Å². The lowest BCUT2D eigenvalue weighted by Gasteiger charge is -2.10. The van der Waals surface area contributed by atoms with E-state index in [2.05, 4.69) is 4.74 Å². The summed E-state index contributed by atoms with van der Waals surface area (Å²) in [4.78, 5) is 34.2. The van der Waals surface area contributed by atoms with E-state index in [9.17, 15) is 19.5 Å². The summed E-state index contributed by atoms with van der Waals surface area (Å²) in [7, 11) is 0. The van der Waals surface area contributed by atoms with E-state index in [1.165, 1.54) is 6.07 Å². The van der Waals surface area contributed by atoms with Crippen molar-refractivity contribution in [3.05, 3.63) is 34.4 Å². The number of hydrogen-bond acceptors (Lipinski definition) is 6. The highest BCUT2D eigenvalue weighted by molar-refractivity contribution is 5.99. The minimum Gasteiger partial charge on any atom is -0.428 e. The molecule has 2 heterocycles. The number of esters is 3. The van der Waals surface area contributed by atoms with Gasteiger partial charge in [0.15, 0.2) is 0 Å². The number of aliphatic hydroxyl groups is 1. The molecular weight excluding hydrogens is 252 g/mol. The Kier molecular flexibility index (Phi) is 2.43. The van der Waals surface area contributed by atoms with E-state index in [1.807, 2.05) is 0 Å². The third kappa shape index (κ3) is 1.72. The summed E-state index contributed by atoms with van der Waals surface area (Å²) in [5.74, 6) is -2.51. The van der Waals surface area contributed by atoms with Gasteiger partial charge in [-0.15, -0.1) is 0 Å². The van der Waals surface area contributed by atoms with E-state index in [-0.39, 0.29) is 12.0 Å². The molecule has 1 saturated heterocycles. The van der Waals surface area contributed by atoms with Gasteiger partial charge in [0.2, 0.25) is 6.29 Å². The first kappa shape index (κ1) is 11.9. The predicted molar refractivity (Wildman–Crippen MR) is 60.0 cm³/mol. The lowest BCUT2D eigenvalue weighted by Crippen LogP contribution is -2.08. The molecule has 1 aromatic carbocycles. The molecule has 1 N–H and O–H groups in total. The van der Waals surface area contributed by atoms with Crippen LogP contribution in [0.2, 0.25) is 0 Å². The number of hydrogen-bond donors (Lipinski definition) is 1. The summed E-state index contributed by atoms with van der Waals surface area (Å²) in [6.45, 7) is 1.70. The summed E-state index contributed by atoms with van der Waals surface area (Å²) in [6, 6.07) is 3.14. The summed E-state index contributed by atoms with van der Waals surface area (Å²) in [5.41, 5.74) is 1.80.